The van der Waals surface area contributed by atoms with E-state index in [1.165, 1.54) is 5.56 Å². The zero-order valence-corrected chi connectivity index (χ0v) is 17.4. The van der Waals surface area contributed by atoms with E-state index in [0.717, 1.165) is 41.3 Å². The molecule has 4 aromatic rings. The third-order valence-corrected chi connectivity index (χ3v) is 6.92. The van der Waals surface area contributed by atoms with Crippen LogP contribution in [0.3, 0.4) is 0 Å². The minimum Gasteiger partial charge on any atom is -0.455 e. The molecule has 0 saturated carbocycles. The van der Waals surface area contributed by atoms with Gasteiger partial charge in [0.1, 0.15) is 11.2 Å². The number of Topliss-reactive ketones (excluding diaryl/α,β-unsaturated/α-hetero) is 1. The highest BCUT2D eigenvalue weighted by Gasteiger charge is 2.41. The molecule has 0 radical (unpaired) electrons. The largest absolute Gasteiger partial charge is 0.455 e. The summed E-state index contributed by atoms with van der Waals surface area (Å²) < 4.78 is 12.0. The molecule has 156 valence electrons. The molecule has 2 saturated heterocycles. The van der Waals surface area contributed by atoms with E-state index in [-0.39, 0.29) is 23.8 Å². The highest BCUT2D eigenvalue weighted by molar-refractivity contribution is 6.14. The monoisotopic (exact) mass is 411 g/mol. The predicted octanol–water partition coefficient (Wildman–Crippen LogP) is 5.45. The molecule has 2 aliphatic heterocycles. The minimum atomic E-state index is 0.00438. The van der Waals surface area contributed by atoms with E-state index in [4.69, 9.17) is 9.15 Å². The first kappa shape index (κ1) is 18.8. The Labute approximate surface area is 181 Å². The predicted molar refractivity (Wildman–Crippen MR) is 121 cm³/mol. The van der Waals surface area contributed by atoms with Crippen molar-refractivity contribution in [3.63, 3.8) is 0 Å². The number of ketones is 1. The molecule has 3 aromatic carbocycles. The van der Waals surface area contributed by atoms with E-state index >= 15 is 0 Å². The normalized spacial score (nSPS) is 23.9. The van der Waals surface area contributed by atoms with Gasteiger partial charge < -0.3 is 9.15 Å². The van der Waals surface area contributed by atoms with Crippen molar-refractivity contribution < 1.29 is 13.9 Å². The van der Waals surface area contributed by atoms with Gasteiger partial charge in [-0.2, -0.15) is 0 Å². The van der Waals surface area contributed by atoms with Crippen molar-refractivity contribution in [1.82, 2.24) is 4.90 Å². The number of hydrogen-bond acceptors (Lipinski definition) is 4. The summed E-state index contributed by atoms with van der Waals surface area (Å²) in [6, 6.07) is 25.1. The van der Waals surface area contributed by atoms with Gasteiger partial charge in [0.15, 0.2) is 5.78 Å². The van der Waals surface area contributed by atoms with Gasteiger partial charge in [0.05, 0.1) is 18.8 Å². The van der Waals surface area contributed by atoms with Crippen LogP contribution in [-0.2, 0) is 11.3 Å². The first-order chi connectivity index (χ1) is 15.3. The Kier molecular flexibility index (Phi) is 4.62. The van der Waals surface area contributed by atoms with Crippen LogP contribution in [0.4, 0.5) is 0 Å². The summed E-state index contributed by atoms with van der Waals surface area (Å²) in [7, 11) is 0. The minimum absolute atomic E-state index is 0.00438. The summed E-state index contributed by atoms with van der Waals surface area (Å²) >= 11 is 0. The van der Waals surface area contributed by atoms with E-state index in [9.17, 15) is 4.79 Å². The fourth-order valence-corrected chi connectivity index (χ4v) is 5.42. The summed E-state index contributed by atoms with van der Waals surface area (Å²) in [5, 5.41) is 2.08. The van der Waals surface area contributed by atoms with Gasteiger partial charge in [-0.15, -0.1) is 0 Å². The molecule has 6 rings (SSSR count). The molecule has 0 spiro atoms. The van der Waals surface area contributed by atoms with Crippen LogP contribution in [0.25, 0.3) is 21.9 Å². The average Bonchev–Trinajstić information content (AvgIpc) is 3.18. The van der Waals surface area contributed by atoms with Crippen LogP contribution in [0.5, 0.6) is 0 Å². The van der Waals surface area contributed by atoms with Crippen LogP contribution in [0, 0.1) is 5.92 Å². The SMILES string of the molecule is O=C(c1cccc2c1oc1ccccc12)C1CC2COCC(C1)N2Cc1ccccc1. The smallest absolute Gasteiger partial charge is 0.169 e. The topological polar surface area (TPSA) is 42.7 Å². The number of fused-ring (bicyclic) bond motifs is 5. The second-order valence-corrected chi connectivity index (χ2v) is 8.82. The number of rotatable bonds is 4. The maximum atomic E-state index is 13.7. The molecule has 3 heterocycles. The molecule has 2 atom stereocenters. The number of carbonyl (C=O) groups is 1. The molecule has 0 amide bonds. The molecule has 2 bridgehead atoms. The molecule has 2 unspecified atom stereocenters. The summed E-state index contributed by atoms with van der Waals surface area (Å²) in [6.07, 6.45) is 1.66. The molecule has 31 heavy (non-hydrogen) atoms. The first-order valence-corrected chi connectivity index (χ1v) is 11.1. The van der Waals surface area contributed by atoms with Crippen molar-refractivity contribution in [2.45, 2.75) is 31.5 Å². The number of piperidine rings is 1. The van der Waals surface area contributed by atoms with E-state index in [0.29, 0.717) is 18.8 Å². The number of para-hydroxylation sites is 2. The Morgan fingerprint density at radius 3 is 2.35 bits per heavy atom. The number of furan rings is 1. The molecule has 4 heteroatoms. The number of benzene rings is 3. The summed E-state index contributed by atoms with van der Waals surface area (Å²) in [4.78, 5) is 16.2. The molecule has 2 fully saturated rings. The highest BCUT2D eigenvalue weighted by atomic mass is 16.5. The van der Waals surface area contributed by atoms with Gasteiger partial charge in [-0.1, -0.05) is 60.7 Å². The van der Waals surface area contributed by atoms with Crippen molar-refractivity contribution in [3.8, 4) is 0 Å². The Morgan fingerprint density at radius 1 is 0.839 bits per heavy atom. The maximum absolute atomic E-state index is 13.7. The van der Waals surface area contributed by atoms with E-state index in [2.05, 4.69) is 41.3 Å². The molecular formula is C27H25NO3. The third-order valence-electron chi connectivity index (χ3n) is 6.92. The van der Waals surface area contributed by atoms with Gasteiger partial charge in [0, 0.05) is 35.3 Å². The van der Waals surface area contributed by atoms with E-state index in [1.54, 1.807) is 0 Å². The van der Waals surface area contributed by atoms with E-state index < -0.39 is 0 Å². The first-order valence-electron chi connectivity index (χ1n) is 11.1. The van der Waals surface area contributed by atoms with Crippen molar-refractivity contribution in [2.75, 3.05) is 13.2 Å². The fourth-order valence-electron chi connectivity index (χ4n) is 5.42. The fraction of sp³-hybridized carbons (Fsp3) is 0.296. The molecule has 2 aliphatic rings. The van der Waals surface area contributed by atoms with Gasteiger partial charge >= 0.3 is 0 Å². The lowest BCUT2D eigenvalue weighted by molar-refractivity contribution is -0.0872. The van der Waals surface area contributed by atoms with Crippen molar-refractivity contribution >= 4 is 27.7 Å². The van der Waals surface area contributed by atoms with Crippen LogP contribution in [0.2, 0.25) is 0 Å². The molecule has 1 aromatic heterocycles. The second kappa shape index (κ2) is 7.63. The van der Waals surface area contributed by atoms with Crippen molar-refractivity contribution in [2.24, 2.45) is 5.92 Å². The third kappa shape index (κ3) is 3.27. The average molecular weight is 412 g/mol. The lowest BCUT2D eigenvalue weighted by Gasteiger charge is -2.48. The Bertz CT molecular complexity index is 1230. The van der Waals surface area contributed by atoms with Gasteiger partial charge in [-0.3, -0.25) is 9.69 Å². The van der Waals surface area contributed by atoms with E-state index in [1.807, 2.05) is 36.4 Å². The number of ether oxygens (including phenoxy) is 1. The Balaban J connectivity index is 1.29. The number of carbonyl (C=O) groups excluding carboxylic acids is 1. The van der Waals surface area contributed by atoms with Crippen LogP contribution in [0.1, 0.15) is 28.8 Å². The maximum Gasteiger partial charge on any atom is 0.169 e. The van der Waals surface area contributed by atoms with Gasteiger partial charge in [0.2, 0.25) is 0 Å². The number of nitrogens with zero attached hydrogens (tertiary/aromatic N) is 1. The standard InChI is InChI=1S/C27H25NO3/c29-26(24-11-6-10-23-22-9-4-5-12-25(22)31-27(23)24)19-13-20-16-30-17-21(14-19)28(20)15-18-7-2-1-3-8-18/h1-12,19-21H,13-17H2. The summed E-state index contributed by atoms with van der Waals surface area (Å²) in [6.45, 7) is 2.31. The van der Waals surface area contributed by atoms with Gasteiger partial charge in [-0.25, -0.2) is 0 Å². The van der Waals surface area contributed by atoms with Crippen LogP contribution in [0.15, 0.2) is 77.2 Å². The Hall–Kier alpha value is -2.95. The van der Waals surface area contributed by atoms with Crippen LogP contribution >= 0.6 is 0 Å². The van der Waals surface area contributed by atoms with Crippen LogP contribution in [-0.4, -0.2) is 36.0 Å². The van der Waals surface area contributed by atoms with Crippen molar-refractivity contribution in [1.29, 1.82) is 0 Å². The molecule has 0 aliphatic carbocycles. The second-order valence-electron chi connectivity index (χ2n) is 8.82. The number of morpholine rings is 1. The van der Waals surface area contributed by atoms with Crippen molar-refractivity contribution in [3.05, 3.63) is 83.9 Å². The van der Waals surface area contributed by atoms with Crippen LogP contribution < -0.4 is 0 Å². The lowest BCUT2D eigenvalue weighted by atomic mass is 9.80. The number of hydrogen-bond donors (Lipinski definition) is 0. The summed E-state index contributed by atoms with van der Waals surface area (Å²) in [5.41, 5.74) is 3.59. The van der Waals surface area contributed by atoms with Gasteiger partial charge in [-0.05, 0) is 30.5 Å². The quantitative estimate of drug-likeness (QED) is 0.419. The zero-order chi connectivity index (χ0) is 20.8. The molecule has 0 N–H and O–H groups in total. The lowest BCUT2D eigenvalue weighted by Crippen LogP contribution is -2.57. The Morgan fingerprint density at radius 2 is 1.55 bits per heavy atom. The molecular weight excluding hydrogens is 386 g/mol. The zero-order valence-electron chi connectivity index (χ0n) is 17.4. The highest BCUT2D eigenvalue weighted by Crippen LogP contribution is 2.37. The van der Waals surface area contributed by atoms with Gasteiger partial charge in [0.25, 0.3) is 0 Å². The molecule has 4 nitrogen and oxygen atoms in total. The summed E-state index contributed by atoms with van der Waals surface area (Å²) in [5.74, 6) is 0.214.